The van der Waals surface area contributed by atoms with E-state index in [4.69, 9.17) is 11.6 Å². The molecular formula is C20H19ClN4O. The van der Waals surface area contributed by atoms with E-state index in [1.54, 1.807) is 6.20 Å². The molecule has 132 valence electrons. The Bertz CT molecular complexity index is 933. The molecule has 0 spiro atoms. The van der Waals surface area contributed by atoms with Crippen LogP contribution >= 0.6 is 11.6 Å². The lowest BCUT2D eigenvalue weighted by Crippen LogP contribution is -2.50. The molecule has 1 N–H and O–H groups in total. The van der Waals surface area contributed by atoms with Crippen molar-refractivity contribution in [3.05, 3.63) is 65.8 Å². The third-order valence-electron chi connectivity index (χ3n) is 4.63. The summed E-state index contributed by atoms with van der Waals surface area (Å²) in [5.74, 6) is 0. The lowest BCUT2D eigenvalue weighted by molar-refractivity contribution is 0.208. The lowest BCUT2D eigenvalue weighted by Gasteiger charge is -2.36. The number of hydrogen-bond donors (Lipinski definition) is 1. The number of aromatic nitrogens is 1. The summed E-state index contributed by atoms with van der Waals surface area (Å²) in [5, 5.41) is 4.75. The molecule has 3 aromatic rings. The summed E-state index contributed by atoms with van der Waals surface area (Å²) < 4.78 is 0. The molecule has 1 fully saturated rings. The molecule has 5 nitrogen and oxygen atoms in total. The van der Waals surface area contributed by atoms with E-state index < -0.39 is 0 Å². The van der Waals surface area contributed by atoms with E-state index in [9.17, 15) is 4.79 Å². The maximum absolute atomic E-state index is 12.7. The van der Waals surface area contributed by atoms with Crippen molar-refractivity contribution in [2.45, 2.75) is 0 Å². The Morgan fingerprint density at radius 1 is 0.962 bits per heavy atom. The first-order chi connectivity index (χ1) is 12.7. The number of amides is 2. The van der Waals surface area contributed by atoms with Gasteiger partial charge in [-0.25, -0.2) is 4.79 Å². The third kappa shape index (κ3) is 3.30. The number of anilines is 2. The van der Waals surface area contributed by atoms with Gasteiger partial charge in [0.15, 0.2) is 0 Å². The molecule has 26 heavy (non-hydrogen) atoms. The van der Waals surface area contributed by atoms with Gasteiger partial charge in [-0.3, -0.25) is 4.98 Å². The van der Waals surface area contributed by atoms with Crippen LogP contribution < -0.4 is 10.2 Å². The fourth-order valence-corrected chi connectivity index (χ4v) is 3.51. The minimum absolute atomic E-state index is 0.0954. The summed E-state index contributed by atoms with van der Waals surface area (Å²) in [7, 11) is 0. The van der Waals surface area contributed by atoms with E-state index in [0.717, 1.165) is 40.4 Å². The van der Waals surface area contributed by atoms with E-state index in [1.807, 2.05) is 59.5 Å². The van der Waals surface area contributed by atoms with Crippen LogP contribution in [0.2, 0.25) is 5.02 Å². The Balaban J connectivity index is 1.43. The maximum Gasteiger partial charge on any atom is 0.322 e. The van der Waals surface area contributed by atoms with Crippen molar-refractivity contribution in [1.29, 1.82) is 0 Å². The Morgan fingerprint density at radius 3 is 2.54 bits per heavy atom. The molecule has 2 heterocycles. The van der Waals surface area contributed by atoms with Gasteiger partial charge < -0.3 is 15.1 Å². The van der Waals surface area contributed by atoms with Crippen molar-refractivity contribution in [2.24, 2.45) is 0 Å². The number of benzene rings is 2. The zero-order valence-corrected chi connectivity index (χ0v) is 15.0. The quantitative estimate of drug-likeness (QED) is 0.737. The third-order valence-corrected chi connectivity index (χ3v) is 4.95. The highest BCUT2D eigenvalue weighted by Gasteiger charge is 2.22. The Labute approximate surface area is 157 Å². The highest BCUT2D eigenvalue weighted by atomic mass is 35.5. The van der Waals surface area contributed by atoms with E-state index in [2.05, 4.69) is 15.2 Å². The van der Waals surface area contributed by atoms with Gasteiger partial charge in [0.1, 0.15) is 0 Å². The number of urea groups is 1. The second-order valence-corrected chi connectivity index (χ2v) is 6.64. The van der Waals surface area contributed by atoms with Gasteiger partial charge >= 0.3 is 6.03 Å². The molecule has 0 saturated carbocycles. The van der Waals surface area contributed by atoms with Crippen LogP contribution in [-0.4, -0.2) is 42.1 Å². The number of pyridine rings is 1. The summed E-state index contributed by atoms with van der Waals surface area (Å²) in [4.78, 5) is 21.1. The summed E-state index contributed by atoms with van der Waals surface area (Å²) in [6, 6.07) is 17.4. The number of halogens is 1. The summed E-state index contributed by atoms with van der Waals surface area (Å²) in [5.41, 5.74) is 2.56. The Kier molecular flexibility index (Phi) is 4.63. The summed E-state index contributed by atoms with van der Waals surface area (Å²) in [6.45, 7) is 2.81. The van der Waals surface area contributed by atoms with Gasteiger partial charge in [0.25, 0.3) is 0 Å². The second kappa shape index (κ2) is 7.22. The number of para-hydroxylation sites is 2. The van der Waals surface area contributed by atoms with Gasteiger partial charge in [0.2, 0.25) is 0 Å². The number of carbonyl (C=O) groups is 1. The molecule has 0 bridgehead atoms. The molecule has 1 saturated heterocycles. The standard InChI is InChI=1S/C20H19ClN4O/c21-16-7-1-2-9-18(16)24-11-13-25(14-12-24)20(26)23-17-8-3-5-15-6-4-10-22-19(15)17/h1-10H,11-14H2,(H,23,26). The molecule has 0 unspecified atom stereocenters. The number of nitrogens with one attached hydrogen (secondary N) is 1. The smallest absolute Gasteiger partial charge is 0.322 e. The SMILES string of the molecule is O=C(Nc1cccc2cccnc12)N1CCN(c2ccccc2Cl)CC1. The van der Waals surface area contributed by atoms with Gasteiger partial charge in [-0.1, -0.05) is 41.9 Å². The first-order valence-electron chi connectivity index (χ1n) is 8.61. The minimum atomic E-state index is -0.0954. The molecule has 1 aromatic heterocycles. The Hall–Kier alpha value is -2.79. The molecular weight excluding hydrogens is 348 g/mol. The molecule has 0 aliphatic carbocycles. The van der Waals surface area contributed by atoms with Gasteiger partial charge in [0, 0.05) is 37.8 Å². The van der Waals surface area contributed by atoms with E-state index in [0.29, 0.717) is 13.1 Å². The Morgan fingerprint density at radius 2 is 1.73 bits per heavy atom. The van der Waals surface area contributed by atoms with Crippen molar-refractivity contribution in [3.8, 4) is 0 Å². The van der Waals surface area contributed by atoms with Crippen LogP contribution in [0.3, 0.4) is 0 Å². The molecule has 1 aliphatic heterocycles. The molecule has 0 atom stereocenters. The highest BCUT2D eigenvalue weighted by molar-refractivity contribution is 6.33. The predicted octanol–water partition coefficient (Wildman–Crippen LogP) is 4.24. The monoisotopic (exact) mass is 366 g/mol. The van der Waals surface area contributed by atoms with Crippen molar-refractivity contribution in [2.75, 3.05) is 36.4 Å². The predicted molar refractivity (Wildman–Crippen MR) is 106 cm³/mol. The van der Waals surface area contributed by atoms with E-state index in [-0.39, 0.29) is 6.03 Å². The summed E-state index contributed by atoms with van der Waals surface area (Å²) in [6.07, 6.45) is 1.74. The molecule has 2 aromatic carbocycles. The van der Waals surface area contributed by atoms with E-state index >= 15 is 0 Å². The largest absolute Gasteiger partial charge is 0.367 e. The van der Waals surface area contributed by atoms with Gasteiger partial charge in [0.05, 0.1) is 21.9 Å². The molecule has 0 radical (unpaired) electrons. The van der Waals surface area contributed by atoms with Crippen LogP contribution in [0, 0.1) is 0 Å². The number of fused-ring (bicyclic) bond motifs is 1. The van der Waals surface area contributed by atoms with Crippen molar-refractivity contribution in [1.82, 2.24) is 9.88 Å². The van der Waals surface area contributed by atoms with Crippen LogP contribution in [0.25, 0.3) is 10.9 Å². The normalized spacial score (nSPS) is 14.5. The second-order valence-electron chi connectivity index (χ2n) is 6.24. The maximum atomic E-state index is 12.7. The first kappa shape index (κ1) is 16.7. The number of nitrogens with zero attached hydrogens (tertiary/aromatic N) is 3. The minimum Gasteiger partial charge on any atom is -0.367 e. The van der Waals surface area contributed by atoms with Crippen molar-refractivity contribution in [3.63, 3.8) is 0 Å². The van der Waals surface area contributed by atoms with Gasteiger partial charge in [-0.05, 0) is 24.3 Å². The number of rotatable bonds is 2. The van der Waals surface area contributed by atoms with Crippen LogP contribution in [0.1, 0.15) is 0 Å². The molecule has 2 amide bonds. The first-order valence-corrected chi connectivity index (χ1v) is 8.99. The van der Waals surface area contributed by atoms with Crippen LogP contribution in [0.4, 0.5) is 16.2 Å². The van der Waals surface area contributed by atoms with E-state index in [1.165, 1.54) is 0 Å². The zero-order chi connectivity index (χ0) is 17.9. The molecule has 4 rings (SSSR count). The average molecular weight is 367 g/mol. The molecule has 1 aliphatic rings. The van der Waals surface area contributed by atoms with Gasteiger partial charge in [-0.2, -0.15) is 0 Å². The van der Waals surface area contributed by atoms with Crippen LogP contribution in [-0.2, 0) is 0 Å². The lowest BCUT2D eigenvalue weighted by atomic mass is 10.2. The number of carbonyl (C=O) groups excluding carboxylic acids is 1. The highest BCUT2D eigenvalue weighted by Crippen LogP contribution is 2.26. The average Bonchev–Trinajstić information content (AvgIpc) is 2.69. The van der Waals surface area contributed by atoms with Crippen molar-refractivity contribution < 1.29 is 4.79 Å². The zero-order valence-electron chi connectivity index (χ0n) is 14.2. The topological polar surface area (TPSA) is 48.5 Å². The molecule has 6 heteroatoms. The fraction of sp³-hybridized carbons (Fsp3) is 0.200. The van der Waals surface area contributed by atoms with Crippen LogP contribution in [0.15, 0.2) is 60.8 Å². The fourth-order valence-electron chi connectivity index (χ4n) is 3.26. The number of hydrogen-bond acceptors (Lipinski definition) is 3. The van der Waals surface area contributed by atoms with Gasteiger partial charge in [-0.15, -0.1) is 0 Å². The number of piperazine rings is 1. The van der Waals surface area contributed by atoms with Crippen molar-refractivity contribution >= 4 is 39.9 Å². The van der Waals surface area contributed by atoms with Crippen LogP contribution in [0.5, 0.6) is 0 Å². The summed E-state index contributed by atoms with van der Waals surface area (Å²) >= 11 is 6.28.